The molecule has 1 aromatic heterocycles. The monoisotopic (exact) mass is 367 g/mol. The molecule has 2 aromatic rings. The Morgan fingerprint density at radius 3 is 2.48 bits per heavy atom. The average molecular weight is 367 g/mol. The van der Waals surface area contributed by atoms with E-state index in [2.05, 4.69) is 46.4 Å². The molecule has 1 amide bonds. The molecular weight excluding hydrogens is 338 g/mol. The molecule has 0 atom stereocenters. The van der Waals surface area contributed by atoms with E-state index >= 15 is 0 Å². The standard InChI is InChI=1S/C21H29N5O/c1-4-15-14-22-21(25-19(15)5-2)24-17-8-6-16(7-9-17)20(27)23-18-10-12-26(3)13-11-18/h6-9,14,18H,4-5,10-13H2,1-3H3,(H,23,27)(H,22,24,25). The summed E-state index contributed by atoms with van der Waals surface area (Å²) in [5.74, 6) is 0.584. The molecule has 0 bridgehead atoms. The molecule has 144 valence electrons. The number of rotatable bonds is 6. The van der Waals surface area contributed by atoms with Gasteiger partial charge in [-0.15, -0.1) is 0 Å². The molecule has 1 aliphatic rings. The van der Waals surface area contributed by atoms with Gasteiger partial charge < -0.3 is 15.5 Å². The fourth-order valence-corrected chi connectivity index (χ4v) is 3.36. The summed E-state index contributed by atoms with van der Waals surface area (Å²) < 4.78 is 0. The van der Waals surface area contributed by atoms with Crippen LogP contribution in [0.15, 0.2) is 30.5 Å². The van der Waals surface area contributed by atoms with Crippen LogP contribution in [-0.4, -0.2) is 47.0 Å². The second kappa shape index (κ2) is 8.95. The Labute approximate surface area is 161 Å². The number of carbonyl (C=O) groups excluding carboxylic acids is 1. The number of amides is 1. The number of carbonyl (C=O) groups is 1. The Balaban J connectivity index is 1.60. The third-order valence-corrected chi connectivity index (χ3v) is 5.13. The number of likely N-dealkylation sites (tertiary alicyclic amines) is 1. The highest BCUT2D eigenvalue weighted by atomic mass is 16.1. The first kappa shape index (κ1) is 19.3. The minimum absolute atomic E-state index is 0.00655. The van der Waals surface area contributed by atoms with Crippen LogP contribution in [0.1, 0.15) is 48.3 Å². The molecule has 2 heterocycles. The van der Waals surface area contributed by atoms with E-state index in [9.17, 15) is 4.79 Å². The lowest BCUT2D eigenvalue weighted by Crippen LogP contribution is -2.43. The summed E-state index contributed by atoms with van der Waals surface area (Å²) in [6.07, 6.45) is 5.72. The summed E-state index contributed by atoms with van der Waals surface area (Å²) in [4.78, 5) is 23.7. The Morgan fingerprint density at radius 2 is 1.85 bits per heavy atom. The molecule has 3 rings (SSSR count). The smallest absolute Gasteiger partial charge is 0.251 e. The van der Waals surface area contributed by atoms with Crippen molar-refractivity contribution in [1.29, 1.82) is 0 Å². The maximum atomic E-state index is 12.4. The number of hydrogen-bond donors (Lipinski definition) is 2. The van der Waals surface area contributed by atoms with Crippen molar-refractivity contribution in [1.82, 2.24) is 20.2 Å². The molecule has 0 spiro atoms. The normalized spacial score (nSPS) is 15.5. The summed E-state index contributed by atoms with van der Waals surface area (Å²) >= 11 is 0. The number of hydrogen-bond acceptors (Lipinski definition) is 5. The van der Waals surface area contributed by atoms with Crippen LogP contribution in [0, 0.1) is 0 Å². The van der Waals surface area contributed by atoms with Gasteiger partial charge in [-0.1, -0.05) is 13.8 Å². The number of benzene rings is 1. The predicted octanol–water partition coefficient (Wildman–Crippen LogP) is 3.17. The van der Waals surface area contributed by atoms with E-state index in [0.29, 0.717) is 11.5 Å². The third-order valence-electron chi connectivity index (χ3n) is 5.13. The Morgan fingerprint density at radius 1 is 1.15 bits per heavy atom. The van der Waals surface area contributed by atoms with Gasteiger partial charge in [0.25, 0.3) is 5.91 Å². The van der Waals surface area contributed by atoms with Crippen LogP contribution >= 0.6 is 0 Å². The van der Waals surface area contributed by atoms with Gasteiger partial charge in [-0.25, -0.2) is 9.97 Å². The second-order valence-electron chi connectivity index (χ2n) is 7.13. The van der Waals surface area contributed by atoms with Crippen molar-refractivity contribution < 1.29 is 4.79 Å². The number of aryl methyl sites for hydroxylation is 2. The minimum Gasteiger partial charge on any atom is -0.349 e. The molecule has 6 heteroatoms. The molecule has 0 unspecified atom stereocenters. The number of anilines is 2. The van der Waals surface area contributed by atoms with E-state index in [1.165, 1.54) is 5.56 Å². The van der Waals surface area contributed by atoms with Crippen LogP contribution in [-0.2, 0) is 12.8 Å². The van der Waals surface area contributed by atoms with Crippen LogP contribution in [0.4, 0.5) is 11.6 Å². The molecule has 2 N–H and O–H groups in total. The molecule has 0 aliphatic carbocycles. The van der Waals surface area contributed by atoms with Crippen molar-refractivity contribution >= 4 is 17.5 Å². The first-order valence-corrected chi connectivity index (χ1v) is 9.80. The third kappa shape index (κ3) is 5.04. The van der Waals surface area contributed by atoms with Crippen molar-refractivity contribution in [2.75, 3.05) is 25.5 Å². The molecular formula is C21H29N5O. The van der Waals surface area contributed by atoms with Gasteiger partial charge in [-0.3, -0.25) is 4.79 Å². The summed E-state index contributed by atoms with van der Waals surface area (Å²) in [6, 6.07) is 7.74. The molecule has 6 nitrogen and oxygen atoms in total. The Kier molecular flexibility index (Phi) is 6.40. The average Bonchev–Trinajstić information content (AvgIpc) is 2.70. The molecule has 0 radical (unpaired) electrons. The Hall–Kier alpha value is -2.47. The van der Waals surface area contributed by atoms with Crippen molar-refractivity contribution in [3.05, 3.63) is 47.3 Å². The zero-order valence-electron chi connectivity index (χ0n) is 16.5. The van der Waals surface area contributed by atoms with Gasteiger partial charge in [-0.05, 0) is 75.6 Å². The van der Waals surface area contributed by atoms with Gasteiger partial charge in [-0.2, -0.15) is 0 Å². The fraction of sp³-hybridized carbons (Fsp3) is 0.476. The number of piperidine rings is 1. The Bertz CT molecular complexity index is 767. The van der Waals surface area contributed by atoms with Crippen LogP contribution in [0.25, 0.3) is 0 Å². The molecule has 1 aromatic carbocycles. The van der Waals surface area contributed by atoms with Crippen molar-refractivity contribution in [3.8, 4) is 0 Å². The van der Waals surface area contributed by atoms with Gasteiger partial charge in [0.1, 0.15) is 0 Å². The highest BCUT2D eigenvalue weighted by Gasteiger charge is 2.19. The van der Waals surface area contributed by atoms with Gasteiger partial charge in [0.05, 0.1) is 0 Å². The molecule has 1 aliphatic heterocycles. The summed E-state index contributed by atoms with van der Waals surface area (Å²) in [7, 11) is 2.12. The largest absolute Gasteiger partial charge is 0.349 e. The molecule has 1 fully saturated rings. The van der Waals surface area contributed by atoms with Crippen molar-refractivity contribution in [2.24, 2.45) is 0 Å². The molecule has 27 heavy (non-hydrogen) atoms. The lowest BCUT2D eigenvalue weighted by molar-refractivity contribution is 0.0917. The van der Waals surface area contributed by atoms with Crippen LogP contribution in [0.2, 0.25) is 0 Å². The second-order valence-corrected chi connectivity index (χ2v) is 7.13. The summed E-state index contributed by atoms with van der Waals surface area (Å²) in [5, 5.41) is 6.36. The van der Waals surface area contributed by atoms with Crippen molar-refractivity contribution in [3.63, 3.8) is 0 Å². The summed E-state index contributed by atoms with van der Waals surface area (Å²) in [6.45, 7) is 6.28. The van der Waals surface area contributed by atoms with Gasteiger partial charge >= 0.3 is 0 Å². The maximum Gasteiger partial charge on any atom is 0.251 e. The van der Waals surface area contributed by atoms with Crippen LogP contribution < -0.4 is 10.6 Å². The first-order valence-electron chi connectivity index (χ1n) is 9.80. The zero-order valence-corrected chi connectivity index (χ0v) is 16.5. The maximum absolute atomic E-state index is 12.4. The number of nitrogens with zero attached hydrogens (tertiary/aromatic N) is 3. The van der Waals surface area contributed by atoms with Crippen LogP contribution in [0.3, 0.4) is 0 Å². The van der Waals surface area contributed by atoms with E-state index in [1.54, 1.807) is 0 Å². The van der Waals surface area contributed by atoms with E-state index < -0.39 is 0 Å². The predicted molar refractivity (Wildman–Crippen MR) is 108 cm³/mol. The van der Waals surface area contributed by atoms with Gasteiger partial charge in [0.2, 0.25) is 5.95 Å². The topological polar surface area (TPSA) is 70.2 Å². The number of nitrogens with one attached hydrogen (secondary N) is 2. The number of aromatic nitrogens is 2. The molecule has 0 saturated carbocycles. The van der Waals surface area contributed by atoms with Crippen molar-refractivity contribution in [2.45, 2.75) is 45.6 Å². The first-order chi connectivity index (χ1) is 13.1. The minimum atomic E-state index is -0.00655. The van der Waals surface area contributed by atoms with Gasteiger partial charge in [0, 0.05) is 29.2 Å². The van der Waals surface area contributed by atoms with E-state index in [0.717, 1.165) is 50.2 Å². The highest BCUT2D eigenvalue weighted by Crippen LogP contribution is 2.17. The molecule has 1 saturated heterocycles. The quantitative estimate of drug-likeness (QED) is 0.821. The fourth-order valence-electron chi connectivity index (χ4n) is 3.36. The van der Waals surface area contributed by atoms with E-state index in [1.807, 2.05) is 30.5 Å². The zero-order chi connectivity index (χ0) is 19.2. The lowest BCUT2D eigenvalue weighted by Gasteiger charge is -2.29. The van der Waals surface area contributed by atoms with E-state index in [4.69, 9.17) is 0 Å². The SMILES string of the molecule is CCc1cnc(Nc2ccc(C(=O)NC3CCN(C)CC3)cc2)nc1CC. The van der Waals surface area contributed by atoms with Crippen LogP contribution in [0.5, 0.6) is 0 Å². The van der Waals surface area contributed by atoms with E-state index in [-0.39, 0.29) is 11.9 Å². The van der Waals surface area contributed by atoms with Gasteiger partial charge in [0.15, 0.2) is 0 Å². The lowest BCUT2D eigenvalue weighted by atomic mass is 10.0. The summed E-state index contributed by atoms with van der Waals surface area (Å²) in [5.41, 5.74) is 3.81. The highest BCUT2D eigenvalue weighted by molar-refractivity contribution is 5.94.